The Morgan fingerprint density at radius 2 is 2.15 bits per heavy atom. The topological polar surface area (TPSA) is 53.2 Å². The number of hydrogen-bond acceptors (Lipinski definition) is 3. The molecule has 1 rings (SSSR count). The molecule has 3 heteroatoms. The van der Waals surface area contributed by atoms with Gasteiger partial charge in [-0.05, 0) is 11.8 Å². The molecule has 3 nitrogen and oxygen atoms in total. The van der Waals surface area contributed by atoms with Crippen LogP contribution < -0.4 is 0 Å². The number of rotatable bonds is 1. The first-order valence-electron chi connectivity index (χ1n) is 4.59. The summed E-state index contributed by atoms with van der Waals surface area (Å²) in [5, 5.41) is 19.1. The first-order valence-corrected chi connectivity index (χ1v) is 4.59. The third-order valence-corrected chi connectivity index (χ3v) is 2.62. The van der Waals surface area contributed by atoms with Crippen molar-refractivity contribution >= 4 is 0 Å². The standard InChI is InChI=1S/C10H17NO2/c1-9(2,3)8(12)10(6-11)4-5-13-7-10/h8,12H,4-5,7H2,1-3H3. The minimum absolute atomic E-state index is 0.260. The Morgan fingerprint density at radius 1 is 1.54 bits per heavy atom. The highest BCUT2D eigenvalue weighted by molar-refractivity contribution is 5.08. The normalized spacial score (nSPS) is 31.3. The van der Waals surface area contributed by atoms with E-state index in [1.54, 1.807) is 0 Å². The lowest BCUT2D eigenvalue weighted by Gasteiger charge is -2.35. The van der Waals surface area contributed by atoms with Crippen molar-refractivity contribution in [1.29, 1.82) is 5.26 Å². The molecule has 1 aliphatic rings. The molecule has 0 aromatic carbocycles. The average molecular weight is 183 g/mol. The van der Waals surface area contributed by atoms with Gasteiger partial charge in [-0.15, -0.1) is 0 Å². The van der Waals surface area contributed by atoms with Crippen molar-refractivity contribution in [3.05, 3.63) is 0 Å². The van der Waals surface area contributed by atoms with Crippen molar-refractivity contribution in [1.82, 2.24) is 0 Å². The fourth-order valence-electron chi connectivity index (χ4n) is 1.77. The number of ether oxygens (including phenoxy) is 1. The second-order valence-corrected chi connectivity index (χ2v) is 4.84. The minimum Gasteiger partial charge on any atom is -0.391 e. The summed E-state index contributed by atoms with van der Waals surface area (Å²) in [7, 11) is 0. The second-order valence-electron chi connectivity index (χ2n) is 4.84. The van der Waals surface area contributed by atoms with E-state index in [4.69, 9.17) is 10.00 Å². The molecule has 1 aliphatic heterocycles. The molecule has 1 saturated heterocycles. The highest BCUT2D eigenvalue weighted by atomic mass is 16.5. The highest BCUT2D eigenvalue weighted by Crippen LogP contribution is 2.39. The number of aliphatic hydroxyl groups is 1. The number of nitriles is 1. The maximum Gasteiger partial charge on any atom is 0.109 e. The van der Waals surface area contributed by atoms with E-state index in [2.05, 4.69) is 6.07 Å². The van der Waals surface area contributed by atoms with Gasteiger partial charge in [-0.25, -0.2) is 0 Å². The van der Waals surface area contributed by atoms with E-state index >= 15 is 0 Å². The van der Waals surface area contributed by atoms with Crippen LogP contribution in [0.15, 0.2) is 0 Å². The lowest BCUT2D eigenvalue weighted by Crippen LogP contribution is -2.43. The Balaban J connectivity index is 2.84. The van der Waals surface area contributed by atoms with Crippen LogP contribution >= 0.6 is 0 Å². The Bertz CT molecular complexity index is 218. The van der Waals surface area contributed by atoms with Gasteiger partial charge in [0.1, 0.15) is 5.41 Å². The Hall–Kier alpha value is -0.590. The Kier molecular flexibility index (Phi) is 2.65. The van der Waals surface area contributed by atoms with Crippen molar-refractivity contribution in [2.45, 2.75) is 33.3 Å². The molecule has 0 saturated carbocycles. The summed E-state index contributed by atoms with van der Waals surface area (Å²) in [5.74, 6) is 0. The SMILES string of the molecule is CC(C)(C)C(O)C1(C#N)CCOC1. The monoisotopic (exact) mass is 183 g/mol. The lowest BCUT2D eigenvalue weighted by molar-refractivity contribution is -0.0253. The maximum atomic E-state index is 10.0. The number of nitrogens with zero attached hydrogens (tertiary/aromatic N) is 1. The molecular formula is C10H17NO2. The molecule has 0 aromatic rings. The first-order chi connectivity index (χ1) is 5.92. The fourth-order valence-corrected chi connectivity index (χ4v) is 1.77. The van der Waals surface area contributed by atoms with Crippen molar-refractivity contribution in [3.63, 3.8) is 0 Å². The van der Waals surface area contributed by atoms with Crippen LogP contribution in [0.2, 0.25) is 0 Å². The van der Waals surface area contributed by atoms with Gasteiger partial charge < -0.3 is 9.84 Å². The summed E-state index contributed by atoms with van der Waals surface area (Å²) in [4.78, 5) is 0. The summed E-state index contributed by atoms with van der Waals surface area (Å²) in [6.45, 7) is 6.77. The largest absolute Gasteiger partial charge is 0.391 e. The van der Waals surface area contributed by atoms with E-state index in [1.165, 1.54) is 0 Å². The van der Waals surface area contributed by atoms with Crippen molar-refractivity contribution in [3.8, 4) is 6.07 Å². The van der Waals surface area contributed by atoms with Gasteiger partial charge in [-0.1, -0.05) is 20.8 Å². The van der Waals surface area contributed by atoms with Crippen LogP contribution in [0.1, 0.15) is 27.2 Å². The van der Waals surface area contributed by atoms with Crippen LogP contribution in [0.3, 0.4) is 0 Å². The van der Waals surface area contributed by atoms with Gasteiger partial charge in [-0.2, -0.15) is 5.26 Å². The van der Waals surface area contributed by atoms with Crippen LogP contribution in [-0.4, -0.2) is 24.4 Å². The summed E-state index contributed by atoms with van der Waals surface area (Å²) in [6, 6.07) is 2.21. The summed E-state index contributed by atoms with van der Waals surface area (Å²) >= 11 is 0. The van der Waals surface area contributed by atoms with Crippen molar-refractivity contribution < 1.29 is 9.84 Å². The maximum absolute atomic E-state index is 10.0. The predicted octanol–water partition coefficient (Wildman–Crippen LogP) is 1.32. The van der Waals surface area contributed by atoms with Gasteiger partial charge in [0.15, 0.2) is 0 Å². The quantitative estimate of drug-likeness (QED) is 0.667. The molecule has 13 heavy (non-hydrogen) atoms. The number of hydrogen-bond donors (Lipinski definition) is 1. The molecule has 1 fully saturated rings. The Morgan fingerprint density at radius 3 is 2.46 bits per heavy atom. The third-order valence-electron chi connectivity index (χ3n) is 2.62. The van der Waals surface area contributed by atoms with Gasteiger partial charge in [0.2, 0.25) is 0 Å². The summed E-state index contributed by atoms with van der Waals surface area (Å²) in [5.41, 5.74) is -0.943. The molecule has 2 unspecified atom stereocenters. The van der Waals surface area contributed by atoms with E-state index in [1.807, 2.05) is 20.8 Å². The van der Waals surface area contributed by atoms with E-state index in [0.29, 0.717) is 19.6 Å². The average Bonchev–Trinajstić information content (AvgIpc) is 2.50. The predicted molar refractivity (Wildman–Crippen MR) is 48.9 cm³/mol. The van der Waals surface area contributed by atoms with Gasteiger partial charge >= 0.3 is 0 Å². The smallest absolute Gasteiger partial charge is 0.109 e. The molecule has 0 spiro atoms. The molecule has 2 atom stereocenters. The zero-order chi connectivity index (χ0) is 10.1. The van der Waals surface area contributed by atoms with Gasteiger partial charge in [0.05, 0.1) is 18.8 Å². The highest BCUT2D eigenvalue weighted by Gasteiger charge is 2.47. The molecule has 0 aliphatic carbocycles. The number of aliphatic hydroxyl groups excluding tert-OH is 1. The molecule has 0 radical (unpaired) electrons. The van der Waals surface area contributed by atoms with Crippen LogP contribution in [0.5, 0.6) is 0 Å². The zero-order valence-electron chi connectivity index (χ0n) is 8.50. The van der Waals surface area contributed by atoms with Crippen LogP contribution in [0.25, 0.3) is 0 Å². The Labute approximate surface area is 79.3 Å². The van der Waals surface area contributed by atoms with Crippen LogP contribution in [0.4, 0.5) is 0 Å². The lowest BCUT2D eigenvalue weighted by atomic mass is 9.71. The van der Waals surface area contributed by atoms with E-state index < -0.39 is 11.5 Å². The summed E-state index contributed by atoms with van der Waals surface area (Å²) in [6.07, 6.45) is 0.0228. The van der Waals surface area contributed by atoms with Gasteiger partial charge in [-0.3, -0.25) is 0 Å². The molecule has 0 amide bonds. The van der Waals surface area contributed by atoms with Crippen LogP contribution in [-0.2, 0) is 4.74 Å². The summed E-state index contributed by atoms with van der Waals surface area (Å²) < 4.78 is 5.19. The van der Waals surface area contributed by atoms with Gasteiger partial charge in [0, 0.05) is 6.61 Å². The molecule has 74 valence electrons. The van der Waals surface area contributed by atoms with E-state index in [-0.39, 0.29) is 5.41 Å². The molecule has 0 aromatic heterocycles. The molecule has 0 bridgehead atoms. The third kappa shape index (κ3) is 1.84. The second kappa shape index (κ2) is 3.28. The minimum atomic E-state index is -0.682. The first kappa shape index (κ1) is 10.5. The van der Waals surface area contributed by atoms with Crippen LogP contribution in [0, 0.1) is 22.2 Å². The van der Waals surface area contributed by atoms with E-state index in [9.17, 15) is 5.11 Å². The zero-order valence-corrected chi connectivity index (χ0v) is 8.50. The molecule has 1 heterocycles. The molecule has 1 N–H and O–H groups in total. The van der Waals surface area contributed by atoms with Gasteiger partial charge in [0.25, 0.3) is 0 Å². The van der Waals surface area contributed by atoms with Crippen molar-refractivity contribution in [2.75, 3.05) is 13.2 Å². The van der Waals surface area contributed by atoms with E-state index in [0.717, 1.165) is 0 Å². The molecular weight excluding hydrogens is 166 g/mol. The van der Waals surface area contributed by atoms with Crippen molar-refractivity contribution in [2.24, 2.45) is 10.8 Å². The fraction of sp³-hybridized carbons (Fsp3) is 0.900.